The molecule has 0 saturated carbocycles. The van der Waals surface area contributed by atoms with Gasteiger partial charge in [0.25, 0.3) is 0 Å². The smallest absolute Gasteiger partial charge is 0.124 e. The molecule has 0 amide bonds. The van der Waals surface area contributed by atoms with Crippen LogP contribution in [-0.2, 0) is 10.3 Å². The molecule has 4 atom stereocenters. The fraction of sp³-hybridized carbons (Fsp3) is 0.517. The molecule has 2 N–H and O–H groups in total. The van der Waals surface area contributed by atoms with Gasteiger partial charge >= 0.3 is 0 Å². The highest BCUT2D eigenvalue weighted by Crippen LogP contribution is 2.50. The summed E-state index contributed by atoms with van der Waals surface area (Å²) in [7, 11) is 2.10. The zero-order chi connectivity index (χ0) is 24.4. The number of hydrogen-bond donors (Lipinski definition) is 2. The van der Waals surface area contributed by atoms with E-state index >= 15 is 0 Å². The molecule has 3 aliphatic rings. The molecule has 3 aliphatic heterocycles. The minimum absolute atomic E-state index is 0.312. The van der Waals surface area contributed by atoms with Crippen LogP contribution >= 0.6 is 0 Å². The molecule has 6 heteroatoms. The lowest BCUT2D eigenvalue weighted by molar-refractivity contribution is -0.127. The second-order valence-electron chi connectivity index (χ2n) is 11.6. The largest absolute Gasteiger partial charge is 0.380 e. The highest BCUT2D eigenvalue weighted by molar-refractivity contribution is 5.60. The highest BCUT2D eigenvalue weighted by Gasteiger charge is 2.55. The van der Waals surface area contributed by atoms with E-state index in [1.54, 1.807) is 0 Å². The van der Waals surface area contributed by atoms with E-state index in [9.17, 15) is 5.11 Å². The van der Waals surface area contributed by atoms with Gasteiger partial charge in [-0.05, 0) is 55.5 Å². The van der Waals surface area contributed by atoms with Gasteiger partial charge in [-0.3, -0.25) is 10.1 Å². The van der Waals surface area contributed by atoms with Crippen molar-refractivity contribution < 1.29 is 9.84 Å². The molecule has 184 valence electrons. The predicted octanol–water partition coefficient (Wildman–Crippen LogP) is 4.82. The van der Waals surface area contributed by atoms with Crippen LogP contribution in [0.1, 0.15) is 74.3 Å². The van der Waals surface area contributed by atoms with Gasteiger partial charge < -0.3 is 14.7 Å². The molecule has 6 rings (SSSR count). The number of ether oxygens (including phenoxy) is 1. The SMILES string of the molecule is CC(C)c1ccc([C@](O)(c2cncc(-c3cc([C@H]4C[C@H]5CC[C@H]4O5)[nH]n3)c2)C2(C)CN(C)C2)cc1. The van der Waals surface area contributed by atoms with Gasteiger partial charge in [0.15, 0.2) is 0 Å². The molecule has 3 fully saturated rings. The molecule has 0 unspecified atom stereocenters. The summed E-state index contributed by atoms with van der Waals surface area (Å²) in [5, 5.41) is 20.4. The minimum Gasteiger partial charge on any atom is -0.380 e. The summed E-state index contributed by atoms with van der Waals surface area (Å²) in [6.07, 6.45) is 7.77. The number of likely N-dealkylation sites (tertiary alicyclic amines) is 1. The second kappa shape index (κ2) is 8.26. The lowest BCUT2D eigenvalue weighted by Gasteiger charge is -2.55. The van der Waals surface area contributed by atoms with Crippen LogP contribution in [0.25, 0.3) is 11.3 Å². The number of H-pyrrole nitrogens is 1. The van der Waals surface area contributed by atoms with Crippen molar-refractivity contribution in [3.05, 3.63) is 71.2 Å². The zero-order valence-electron chi connectivity index (χ0n) is 21.2. The van der Waals surface area contributed by atoms with Crippen LogP contribution in [0.4, 0.5) is 0 Å². The predicted molar refractivity (Wildman–Crippen MR) is 136 cm³/mol. The Morgan fingerprint density at radius 2 is 1.89 bits per heavy atom. The Kier molecular flexibility index (Phi) is 5.40. The maximum atomic E-state index is 12.5. The van der Waals surface area contributed by atoms with Crippen molar-refractivity contribution in [2.45, 2.75) is 69.7 Å². The number of aromatic nitrogens is 3. The van der Waals surface area contributed by atoms with E-state index in [0.717, 1.165) is 54.0 Å². The first-order valence-corrected chi connectivity index (χ1v) is 12.9. The minimum atomic E-state index is -1.16. The van der Waals surface area contributed by atoms with E-state index in [1.807, 2.05) is 12.4 Å². The number of aromatic amines is 1. The Morgan fingerprint density at radius 3 is 2.51 bits per heavy atom. The maximum absolute atomic E-state index is 12.5. The van der Waals surface area contributed by atoms with Crippen LogP contribution in [0, 0.1) is 5.41 Å². The van der Waals surface area contributed by atoms with E-state index < -0.39 is 5.60 Å². The Hall–Kier alpha value is -2.54. The molecule has 0 spiro atoms. The lowest BCUT2D eigenvalue weighted by atomic mass is 9.62. The van der Waals surface area contributed by atoms with Gasteiger partial charge in [-0.25, -0.2) is 0 Å². The molecule has 1 aromatic carbocycles. The van der Waals surface area contributed by atoms with E-state index in [2.05, 4.69) is 84.3 Å². The average Bonchev–Trinajstić information content (AvgIpc) is 3.60. The normalized spacial score (nSPS) is 27.2. The van der Waals surface area contributed by atoms with Gasteiger partial charge in [-0.2, -0.15) is 5.10 Å². The topological polar surface area (TPSA) is 74.3 Å². The van der Waals surface area contributed by atoms with Crippen molar-refractivity contribution in [1.82, 2.24) is 20.1 Å². The number of rotatable bonds is 6. The van der Waals surface area contributed by atoms with Crippen molar-refractivity contribution in [1.29, 1.82) is 0 Å². The summed E-state index contributed by atoms with van der Waals surface area (Å²) in [4.78, 5) is 6.83. The van der Waals surface area contributed by atoms with Crippen LogP contribution < -0.4 is 0 Å². The number of nitrogens with one attached hydrogen (secondary N) is 1. The first-order valence-electron chi connectivity index (χ1n) is 12.9. The summed E-state index contributed by atoms with van der Waals surface area (Å²) >= 11 is 0. The molecule has 2 bridgehead atoms. The van der Waals surface area contributed by atoms with Crippen molar-refractivity contribution in [3.8, 4) is 11.3 Å². The molecular formula is C29H36N4O2. The quantitative estimate of drug-likeness (QED) is 0.538. The van der Waals surface area contributed by atoms with Crippen LogP contribution in [0.5, 0.6) is 0 Å². The monoisotopic (exact) mass is 472 g/mol. The number of benzene rings is 1. The van der Waals surface area contributed by atoms with Crippen LogP contribution in [0.2, 0.25) is 0 Å². The molecule has 35 heavy (non-hydrogen) atoms. The van der Waals surface area contributed by atoms with E-state index in [1.165, 1.54) is 12.0 Å². The lowest BCUT2D eigenvalue weighted by Crippen LogP contribution is -2.63. The van der Waals surface area contributed by atoms with Gasteiger partial charge in [0.05, 0.1) is 17.9 Å². The van der Waals surface area contributed by atoms with Crippen LogP contribution in [0.15, 0.2) is 48.8 Å². The highest BCUT2D eigenvalue weighted by atomic mass is 16.5. The van der Waals surface area contributed by atoms with Gasteiger partial charge in [0, 0.05) is 53.6 Å². The molecular weight excluding hydrogens is 436 g/mol. The maximum Gasteiger partial charge on any atom is 0.124 e. The molecule has 0 radical (unpaired) electrons. The van der Waals surface area contributed by atoms with E-state index in [-0.39, 0.29) is 5.41 Å². The third-order valence-electron chi connectivity index (χ3n) is 8.66. The fourth-order valence-corrected chi connectivity index (χ4v) is 6.76. The number of fused-ring (bicyclic) bond motifs is 2. The number of pyridine rings is 1. The summed E-state index contributed by atoms with van der Waals surface area (Å²) in [6, 6.07) is 12.7. The number of aliphatic hydroxyl groups is 1. The van der Waals surface area contributed by atoms with Gasteiger partial charge in [-0.1, -0.05) is 45.0 Å². The third kappa shape index (κ3) is 3.65. The van der Waals surface area contributed by atoms with Crippen LogP contribution in [-0.4, -0.2) is 57.5 Å². The Labute approximate surface area is 207 Å². The average molecular weight is 473 g/mol. The Morgan fingerprint density at radius 1 is 1.11 bits per heavy atom. The van der Waals surface area contributed by atoms with Crippen molar-refractivity contribution in [2.24, 2.45) is 5.41 Å². The summed E-state index contributed by atoms with van der Waals surface area (Å²) in [6.45, 7) is 8.19. The third-order valence-corrected chi connectivity index (χ3v) is 8.66. The van der Waals surface area contributed by atoms with Gasteiger partial charge in [0.2, 0.25) is 0 Å². The molecule has 6 nitrogen and oxygen atoms in total. The van der Waals surface area contributed by atoms with Crippen molar-refractivity contribution in [3.63, 3.8) is 0 Å². The van der Waals surface area contributed by atoms with E-state index in [0.29, 0.717) is 24.0 Å². The summed E-state index contributed by atoms with van der Waals surface area (Å²) in [5.74, 6) is 0.842. The first-order chi connectivity index (χ1) is 16.8. The summed E-state index contributed by atoms with van der Waals surface area (Å²) in [5.41, 5.74) is 4.45. The van der Waals surface area contributed by atoms with E-state index in [4.69, 9.17) is 4.74 Å². The standard InChI is InChI=1S/C29H36N4O2/c1-18(2)19-5-7-21(8-6-19)29(34,28(3)16-33(4)17-28)22-11-20(14-30-15-22)25-13-26(32-31-25)24-12-23-9-10-27(24)35-23/h5-8,11,13-15,18,23-24,27,34H,9-10,12,16-17H2,1-4H3,(H,31,32)/t23-,24-,27-,29+/m1/s1. The second-order valence-corrected chi connectivity index (χ2v) is 11.6. The van der Waals surface area contributed by atoms with Gasteiger partial charge in [0.1, 0.15) is 5.60 Å². The van der Waals surface area contributed by atoms with Gasteiger partial charge in [-0.15, -0.1) is 0 Å². The molecule has 3 aromatic rings. The number of nitrogens with zero attached hydrogens (tertiary/aromatic N) is 3. The Balaban J connectivity index is 1.37. The fourth-order valence-electron chi connectivity index (χ4n) is 6.76. The van der Waals surface area contributed by atoms with Crippen molar-refractivity contribution in [2.75, 3.05) is 20.1 Å². The molecule has 0 aliphatic carbocycles. The number of hydrogen-bond acceptors (Lipinski definition) is 5. The molecule has 3 saturated heterocycles. The first kappa shape index (κ1) is 22.9. The molecule has 5 heterocycles. The zero-order valence-corrected chi connectivity index (χ0v) is 21.2. The Bertz CT molecular complexity index is 1210. The summed E-state index contributed by atoms with van der Waals surface area (Å²) < 4.78 is 6.06. The van der Waals surface area contributed by atoms with Crippen molar-refractivity contribution >= 4 is 0 Å². The van der Waals surface area contributed by atoms with Crippen LogP contribution in [0.3, 0.4) is 0 Å². The molecule has 2 aromatic heterocycles.